The number of hydrogen-bond donors (Lipinski definition) is 1. The third-order valence-corrected chi connectivity index (χ3v) is 2.55. The van der Waals surface area contributed by atoms with Gasteiger partial charge in [-0.1, -0.05) is 19.9 Å². The fourth-order valence-corrected chi connectivity index (χ4v) is 1.72. The molecular formula is C12H18N2O3. The van der Waals surface area contributed by atoms with Crippen molar-refractivity contribution in [3.63, 3.8) is 0 Å². The Morgan fingerprint density at radius 1 is 1.47 bits per heavy atom. The van der Waals surface area contributed by atoms with Crippen molar-refractivity contribution in [1.82, 2.24) is 0 Å². The number of nitrogens with two attached hydrogens (primary N) is 1. The predicted octanol–water partition coefficient (Wildman–Crippen LogP) is 2.65. The Morgan fingerprint density at radius 2 is 2.12 bits per heavy atom. The van der Waals surface area contributed by atoms with Crippen LogP contribution >= 0.6 is 0 Å². The summed E-state index contributed by atoms with van der Waals surface area (Å²) in [7, 11) is 1.41. The lowest BCUT2D eigenvalue weighted by Gasteiger charge is -2.14. The average molecular weight is 238 g/mol. The van der Waals surface area contributed by atoms with E-state index in [1.807, 2.05) is 0 Å². The van der Waals surface area contributed by atoms with Crippen LogP contribution in [0.15, 0.2) is 18.2 Å². The Morgan fingerprint density at radius 3 is 2.59 bits per heavy atom. The number of nitrogens with zero attached hydrogens (tertiary/aromatic N) is 1. The van der Waals surface area contributed by atoms with Crippen molar-refractivity contribution < 1.29 is 9.66 Å². The molecule has 0 amide bonds. The van der Waals surface area contributed by atoms with Crippen LogP contribution in [0.3, 0.4) is 0 Å². The minimum atomic E-state index is -0.454. The first-order chi connectivity index (χ1) is 7.95. The molecule has 1 aromatic rings. The largest absolute Gasteiger partial charge is 0.490 e. The second kappa shape index (κ2) is 5.63. The molecule has 0 fully saturated rings. The van der Waals surface area contributed by atoms with Crippen LogP contribution in [0.25, 0.3) is 0 Å². The van der Waals surface area contributed by atoms with E-state index in [0.29, 0.717) is 5.92 Å². The fraction of sp³-hybridized carbons (Fsp3) is 0.500. The van der Waals surface area contributed by atoms with Crippen molar-refractivity contribution in [2.75, 3.05) is 7.11 Å². The first-order valence-corrected chi connectivity index (χ1v) is 5.53. The number of methoxy groups -OCH3 is 1. The van der Waals surface area contributed by atoms with Crippen LogP contribution < -0.4 is 10.5 Å². The molecule has 0 saturated carbocycles. The molecule has 0 aliphatic carbocycles. The van der Waals surface area contributed by atoms with Gasteiger partial charge in [0.2, 0.25) is 0 Å². The lowest BCUT2D eigenvalue weighted by atomic mass is 9.97. The minimum absolute atomic E-state index is 0.0378. The maximum atomic E-state index is 10.9. The quantitative estimate of drug-likeness (QED) is 0.631. The molecule has 0 saturated heterocycles. The molecule has 0 aliphatic heterocycles. The predicted molar refractivity (Wildman–Crippen MR) is 66.0 cm³/mol. The zero-order valence-corrected chi connectivity index (χ0v) is 10.3. The zero-order valence-electron chi connectivity index (χ0n) is 10.3. The van der Waals surface area contributed by atoms with Crippen LogP contribution in [-0.2, 0) is 0 Å². The summed E-state index contributed by atoms with van der Waals surface area (Å²) in [5, 5.41) is 10.9. The highest BCUT2D eigenvalue weighted by molar-refractivity contribution is 5.49. The summed E-state index contributed by atoms with van der Waals surface area (Å²) in [4.78, 5) is 10.4. The van der Waals surface area contributed by atoms with Crippen LogP contribution in [-0.4, -0.2) is 12.0 Å². The van der Waals surface area contributed by atoms with Crippen molar-refractivity contribution in [3.8, 4) is 5.75 Å². The summed E-state index contributed by atoms with van der Waals surface area (Å²) < 4.78 is 4.94. The first kappa shape index (κ1) is 13.4. The number of benzene rings is 1. The number of hydrogen-bond acceptors (Lipinski definition) is 4. The highest BCUT2D eigenvalue weighted by atomic mass is 16.6. The van der Waals surface area contributed by atoms with Gasteiger partial charge in [0.05, 0.1) is 12.0 Å². The van der Waals surface area contributed by atoms with Gasteiger partial charge in [0.15, 0.2) is 5.75 Å². The van der Waals surface area contributed by atoms with Gasteiger partial charge in [0, 0.05) is 12.1 Å². The number of ether oxygens (including phenoxy) is 1. The molecule has 17 heavy (non-hydrogen) atoms. The highest BCUT2D eigenvalue weighted by Gasteiger charge is 2.18. The van der Waals surface area contributed by atoms with Gasteiger partial charge in [0.1, 0.15) is 0 Å². The van der Waals surface area contributed by atoms with E-state index in [2.05, 4.69) is 13.8 Å². The van der Waals surface area contributed by atoms with E-state index < -0.39 is 4.92 Å². The molecule has 0 heterocycles. The Labute approximate surface area is 101 Å². The van der Waals surface area contributed by atoms with E-state index in [4.69, 9.17) is 10.5 Å². The maximum absolute atomic E-state index is 10.9. The zero-order chi connectivity index (χ0) is 13.0. The maximum Gasteiger partial charge on any atom is 0.311 e. The SMILES string of the molecule is COc1ccc([C@@H](N)CC(C)C)cc1[N+](=O)[O-]. The van der Waals surface area contributed by atoms with Gasteiger partial charge in [-0.2, -0.15) is 0 Å². The molecule has 0 aromatic heterocycles. The van der Waals surface area contributed by atoms with E-state index in [9.17, 15) is 10.1 Å². The molecule has 5 nitrogen and oxygen atoms in total. The van der Waals surface area contributed by atoms with E-state index >= 15 is 0 Å². The number of rotatable bonds is 5. The van der Waals surface area contributed by atoms with Gasteiger partial charge in [-0.15, -0.1) is 0 Å². The Balaban J connectivity index is 3.03. The third kappa shape index (κ3) is 3.42. The summed E-state index contributed by atoms with van der Waals surface area (Å²) in [6.45, 7) is 4.13. The normalized spacial score (nSPS) is 12.5. The van der Waals surface area contributed by atoms with Crippen molar-refractivity contribution >= 4 is 5.69 Å². The molecule has 0 bridgehead atoms. The van der Waals surface area contributed by atoms with E-state index in [-0.39, 0.29) is 17.5 Å². The number of nitro groups is 1. The van der Waals surface area contributed by atoms with Crippen molar-refractivity contribution in [2.45, 2.75) is 26.3 Å². The van der Waals surface area contributed by atoms with Gasteiger partial charge in [-0.05, 0) is 24.0 Å². The molecule has 94 valence electrons. The Kier molecular flexibility index (Phi) is 4.45. The molecule has 2 N–H and O–H groups in total. The van der Waals surface area contributed by atoms with Crippen molar-refractivity contribution in [1.29, 1.82) is 0 Å². The van der Waals surface area contributed by atoms with Crippen molar-refractivity contribution in [2.24, 2.45) is 11.7 Å². The topological polar surface area (TPSA) is 78.4 Å². The number of nitro benzene ring substituents is 1. The molecule has 5 heteroatoms. The standard InChI is InChI=1S/C12H18N2O3/c1-8(2)6-10(13)9-4-5-12(17-3)11(7-9)14(15)16/h4-5,7-8,10H,6,13H2,1-3H3/t10-/m0/s1. The smallest absolute Gasteiger partial charge is 0.311 e. The molecule has 1 rings (SSSR count). The van der Waals surface area contributed by atoms with Gasteiger partial charge >= 0.3 is 5.69 Å². The molecule has 0 spiro atoms. The van der Waals surface area contributed by atoms with E-state index in [0.717, 1.165) is 12.0 Å². The van der Waals surface area contributed by atoms with Crippen LogP contribution in [0.4, 0.5) is 5.69 Å². The molecule has 1 aromatic carbocycles. The van der Waals surface area contributed by atoms with Crippen LogP contribution in [0, 0.1) is 16.0 Å². The van der Waals surface area contributed by atoms with E-state index in [1.165, 1.54) is 13.2 Å². The molecule has 1 atom stereocenters. The van der Waals surface area contributed by atoms with Gasteiger partial charge < -0.3 is 10.5 Å². The fourth-order valence-electron chi connectivity index (χ4n) is 1.72. The highest BCUT2D eigenvalue weighted by Crippen LogP contribution is 2.30. The van der Waals surface area contributed by atoms with Crippen LogP contribution in [0.1, 0.15) is 31.9 Å². The Bertz CT molecular complexity index is 405. The molecule has 0 aliphatic rings. The second-order valence-corrected chi connectivity index (χ2v) is 4.42. The molecule has 0 radical (unpaired) electrons. The summed E-state index contributed by atoms with van der Waals surface area (Å²) in [6, 6.07) is 4.68. The average Bonchev–Trinajstić information content (AvgIpc) is 2.27. The molecular weight excluding hydrogens is 220 g/mol. The lowest BCUT2D eigenvalue weighted by molar-refractivity contribution is -0.385. The van der Waals surface area contributed by atoms with Gasteiger partial charge in [-0.25, -0.2) is 0 Å². The molecule has 0 unspecified atom stereocenters. The first-order valence-electron chi connectivity index (χ1n) is 5.53. The summed E-state index contributed by atoms with van der Waals surface area (Å²) in [5.41, 5.74) is 6.72. The van der Waals surface area contributed by atoms with Gasteiger partial charge in [-0.3, -0.25) is 10.1 Å². The van der Waals surface area contributed by atoms with E-state index in [1.54, 1.807) is 12.1 Å². The monoisotopic (exact) mass is 238 g/mol. The summed E-state index contributed by atoms with van der Waals surface area (Å²) in [6.07, 6.45) is 0.795. The minimum Gasteiger partial charge on any atom is -0.490 e. The summed E-state index contributed by atoms with van der Waals surface area (Å²) in [5.74, 6) is 0.710. The van der Waals surface area contributed by atoms with Crippen molar-refractivity contribution in [3.05, 3.63) is 33.9 Å². The Hall–Kier alpha value is -1.62. The van der Waals surface area contributed by atoms with Gasteiger partial charge in [0.25, 0.3) is 0 Å². The van der Waals surface area contributed by atoms with Crippen LogP contribution in [0.5, 0.6) is 5.75 Å². The van der Waals surface area contributed by atoms with Crippen LogP contribution in [0.2, 0.25) is 0 Å². The second-order valence-electron chi connectivity index (χ2n) is 4.42. The summed E-state index contributed by atoms with van der Waals surface area (Å²) >= 11 is 0. The lowest BCUT2D eigenvalue weighted by Crippen LogP contribution is -2.13. The third-order valence-electron chi connectivity index (χ3n) is 2.55.